The number of hydrazine groups is 1. The highest BCUT2D eigenvalue weighted by Crippen LogP contribution is 2.24. The number of nitrogens with two attached hydrogens (primary N) is 1. The second-order valence-corrected chi connectivity index (χ2v) is 4.80. The topological polar surface area (TPSA) is 63.8 Å². The van der Waals surface area contributed by atoms with Crippen molar-refractivity contribution in [3.05, 3.63) is 57.8 Å². The number of aromatic nitrogens is 2. The fraction of sp³-hybridized carbons (Fsp3) is 0.167. The molecular formula is C12H12BrFN4. The summed E-state index contributed by atoms with van der Waals surface area (Å²) in [6.45, 7) is 1.88. The molecule has 1 heterocycles. The van der Waals surface area contributed by atoms with Gasteiger partial charge in [-0.15, -0.1) is 0 Å². The minimum absolute atomic E-state index is 0.356. The fourth-order valence-electron chi connectivity index (χ4n) is 1.59. The Kier molecular flexibility index (Phi) is 4.00. The SMILES string of the molecule is Cc1cnc(C(NN)c2cc(Br)ccc2F)nc1. The molecule has 3 N–H and O–H groups in total. The van der Waals surface area contributed by atoms with Crippen LogP contribution >= 0.6 is 15.9 Å². The molecule has 0 spiro atoms. The molecule has 18 heavy (non-hydrogen) atoms. The van der Waals surface area contributed by atoms with Crippen molar-refractivity contribution < 1.29 is 4.39 Å². The van der Waals surface area contributed by atoms with E-state index in [1.54, 1.807) is 24.5 Å². The summed E-state index contributed by atoms with van der Waals surface area (Å²) >= 11 is 3.30. The third-order valence-electron chi connectivity index (χ3n) is 2.49. The maximum Gasteiger partial charge on any atom is 0.151 e. The van der Waals surface area contributed by atoms with E-state index in [0.717, 1.165) is 10.0 Å². The van der Waals surface area contributed by atoms with Crippen LogP contribution in [0.3, 0.4) is 0 Å². The van der Waals surface area contributed by atoms with E-state index in [1.807, 2.05) is 6.92 Å². The molecule has 0 amide bonds. The summed E-state index contributed by atoms with van der Waals surface area (Å²) < 4.78 is 14.6. The van der Waals surface area contributed by atoms with Gasteiger partial charge in [0.05, 0.1) is 0 Å². The Labute approximate surface area is 113 Å². The molecule has 2 rings (SSSR count). The molecule has 0 saturated carbocycles. The van der Waals surface area contributed by atoms with E-state index in [2.05, 4.69) is 31.3 Å². The number of aryl methyl sites for hydroxylation is 1. The van der Waals surface area contributed by atoms with Gasteiger partial charge in [0.2, 0.25) is 0 Å². The molecule has 0 aliphatic rings. The van der Waals surface area contributed by atoms with Gasteiger partial charge in [-0.25, -0.2) is 19.8 Å². The van der Waals surface area contributed by atoms with Gasteiger partial charge in [-0.05, 0) is 30.7 Å². The molecule has 4 nitrogen and oxygen atoms in total. The zero-order chi connectivity index (χ0) is 13.1. The predicted octanol–water partition coefficient (Wildman–Crippen LogP) is 2.24. The quantitative estimate of drug-likeness (QED) is 0.674. The van der Waals surface area contributed by atoms with Crippen LogP contribution in [0.1, 0.15) is 23.0 Å². The third-order valence-corrected chi connectivity index (χ3v) is 2.99. The Hall–Kier alpha value is -1.37. The van der Waals surface area contributed by atoms with E-state index in [1.165, 1.54) is 6.07 Å². The molecule has 1 atom stereocenters. The number of rotatable bonds is 3. The molecule has 0 aliphatic carbocycles. The van der Waals surface area contributed by atoms with Crippen molar-refractivity contribution in [1.82, 2.24) is 15.4 Å². The van der Waals surface area contributed by atoms with Crippen molar-refractivity contribution in [3.8, 4) is 0 Å². The summed E-state index contributed by atoms with van der Waals surface area (Å²) in [4.78, 5) is 8.32. The molecule has 1 aromatic heterocycles. The number of hydrogen-bond acceptors (Lipinski definition) is 4. The van der Waals surface area contributed by atoms with Gasteiger partial charge in [0.1, 0.15) is 11.9 Å². The Morgan fingerprint density at radius 2 is 2.00 bits per heavy atom. The van der Waals surface area contributed by atoms with Crippen LogP contribution in [0.2, 0.25) is 0 Å². The van der Waals surface area contributed by atoms with Crippen LogP contribution < -0.4 is 11.3 Å². The van der Waals surface area contributed by atoms with E-state index in [0.29, 0.717) is 11.4 Å². The normalized spacial score (nSPS) is 12.4. The maximum atomic E-state index is 13.8. The first-order valence-corrected chi connectivity index (χ1v) is 6.10. The third kappa shape index (κ3) is 2.72. The molecule has 6 heteroatoms. The van der Waals surface area contributed by atoms with Crippen molar-refractivity contribution in [2.45, 2.75) is 13.0 Å². The number of nitrogens with zero attached hydrogens (tertiary/aromatic N) is 2. The second kappa shape index (κ2) is 5.51. The molecule has 1 unspecified atom stereocenters. The molecule has 0 radical (unpaired) electrons. The smallest absolute Gasteiger partial charge is 0.151 e. The van der Waals surface area contributed by atoms with Gasteiger partial charge in [-0.1, -0.05) is 15.9 Å². The van der Waals surface area contributed by atoms with Gasteiger partial charge < -0.3 is 0 Å². The minimum Gasteiger partial charge on any atom is -0.270 e. The summed E-state index contributed by atoms with van der Waals surface area (Å²) in [7, 11) is 0. The average molecular weight is 311 g/mol. The monoisotopic (exact) mass is 310 g/mol. The zero-order valence-electron chi connectivity index (χ0n) is 9.69. The van der Waals surface area contributed by atoms with Crippen molar-refractivity contribution in [1.29, 1.82) is 0 Å². The highest BCUT2D eigenvalue weighted by atomic mass is 79.9. The molecule has 1 aromatic carbocycles. The van der Waals surface area contributed by atoms with Crippen LogP contribution in [-0.4, -0.2) is 9.97 Å². The van der Waals surface area contributed by atoms with Crippen molar-refractivity contribution in [2.75, 3.05) is 0 Å². The first kappa shape index (κ1) is 13.1. The molecule has 94 valence electrons. The van der Waals surface area contributed by atoms with Crippen molar-refractivity contribution >= 4 is 15.9 Å². The number of nitrogens with one attached hydrogen (secondary N) is 1. The Morgan fingerprint density at radius 3 is 2.61 bits per heavy atom. The lowest BCUT2D eigenvalue weighted by Crippen LogP contribution is -2.31. The molecule has 0 fully saturated rings. The Morgan fingerprint density at radius 1 is 1.33 bits per heavy atom. The van der Waals surface area contributed by atoms with Crippen LogP contribution in [0.4, 0.5) is 4.39 Å². The number of hydrogen-bond donors (Lipinski definition) is 2. The van der Waals surface area contributed by atoms with Crippen LogP contribution in [-0.2, 0) is 0 Å². The van der Waals surface area contributed by atoms with E-state index in [4.69, 9.17) is 5.84 Å². The Bertz CT molecular complexity index is 544. The summed E-state index contributed by atoms with van der Waals surface area (Å²) in [5, 5.41) is 0. The van der Waals surface area contributed by atoms with Gasteiger partial charge in [0.25, 0.3) is 0 Å². The Balaban J connectivity index is 2.44. The summed E-state index contributed by atoms with van der Waals surface area (Å²) in [5.41, 5.74) is 3.87. The van der Waals surface area contributed by atoms with Crippen molar-refractivity contribution in [2.24, 2.45) is 5.84 Å². The summed E-state index contributed by atoms with van der Waals surface area (Å²) in [6, 6.07) is 4.08. The largest absolute Gasteiger partial charge is 0.270 e. The van der Waals surface area contributed by atoms with Crippen LogP contribution in [0.25, 0.3) is 0 Å². The van der Waals surface area contributed by atoms with Crippen LogP contribution in [0.5, 0.6) is 0 Å². The van der Waals surface area contributed by atoms with E-state index in [-0.39, 0.29) is 5.82 Å². The highest BCUT2D eigenvalue weighted by molar-refractivity contribution is 9.10. The van der Waals surface area contributed by atoms with E-state index < -0.39 is 6.04 Å². The lowest BCUT2D eigenvalue weighted by atomic mass is 10.1. The average Bonchev–Trinajstić information content (AvgIpc) is 2.37. The van der Waals surface area contributed by atoms with E-state index >= 15 is 0 Å². The number of halogens is 2. The second-order valence-electron chi connectivity index (χ2n) is 3.88. The van der Waals surface area contributed by atoms with Gasteiger partial charge in [-0.3, -0.25) is 5.84 Å². The maximum absolute atomic E-state index is 13.8. The van der Waals surface area contributed by atoms with Gasteiger partial charge in [0, 0.05) is 22.4 Å². The van der Waals surface area contributed by atoms with Crippen LogP contribution in [0.15, 0.2) is 35.1 Å². The molecule has 0 bridgehead atoms. The predicted molar refractivity (Wildman–Crippen MR) is 70.0 cm³/mol. The zero-order valence-corrected chi connectivity index (χ0v) is 11.3. The lowest BCUT2D eigenvalue weighted by Gasteiger charge is -2.16. The van der Waals surface area contributed by atoms with Gasteiger partial charge in [-0.2, -0.15) is 0 Å². The minimum atomic E-state index is -0.580. The van der Waals surface area contributed by atoms with E-state index in [9.17, 15) is 4.39 Å². The summed E-state index contributed by atoms with van der Waals surface area (Å²) in [6.07, 6.45) is 3.34. The first-order valence-electron chi connectivity index (χ1n) is 5.31. The number of benzene rings is 1. The van der Waals surface area contributed by atoms with Crippen LogP contribution in [0, 0.1) is 12.7 Å². The molecular weight excluding hydrogens is 299 g/mol. The molecule has 0 saturated heterocycles. The summed E-state index contributed by atoms with van der Waals surface area (Å²) in [5.74, 6) is 5.56. The standard InChI is InChI=1S/C12H12BrFN4/c1-7-5-16-12(17-6-7)11(18-15)9-4-8(13)2-3-10(9)14/h2-6,11,18H,15H2,1H3. The van der Waals surface area contributed by atoms with Crippen molar-refractivity contribution in [3.63, 3.8) is 0 Å². The van der Waals surface area contributed by atoms with Gasteiger partial charge >= 0.3 is 0 Å². The first-order chi connectivity index (χ1) is 8.61. The molecule has 0 aliphatic heterocycles. The highest BCUT2D eigenvalue weighted by Gasteiger charge is 2.19. The van der Waals surface area contributed by atoms with Gasteiger partial charge in [0.15, 0.2) is 5.82 Å². The fourth-order valence-corrected chi connectivity index (χ4v) is 1.97. The molecule has 2 aromatic rings. The lowest BCUT2D eigenvalue weighted by molar-refractivity contribution is 0.543.